The Morgan fingerprint density at radius 3 is 2.46 bits per heavy atom. The maximum Gasteiger partial charge on any atom is 0.0426 e. The van der Waals surface area contributed by atoms with E-state index in [2.05, 4.69) is 75.8 Å². The monoisotopic (exact) mass is 533 g/mol. The standard InChI is InChI=1S/C8H11I3NP/c9-3-6(4-10)8-2-1-7(12-13)5-11-8/h1-2,5-6,12H,3-4,13H2. The van der Waals surface area contributed by atoms with Crippen molar-refractivity contribution < 1.29 is 0 Å². The van der Waals surface area contributed by atoms with Crippen molar-refractivity contribution in [1.82, 2.24) is 5.09 Å². The van der Waals surface area contributed by atoms with Crippen LogP contribution in [0.25, 0.3) is 0 Å². The van der Waals surface area contributed by atoms with Gasteiger partial charge in [-0.3, -0.25) is 0 Å². The molecule has 0 aromatic heterocycles. The first-order valence-corrected chi connectivity index (χ1v) is 9.74. The van der Waals surface area contributed by atoms with Crippen molar-refractivity contribution in [2.24, 2.45) is 5.92 Å². The molecule has 13 heavy (non-hydrogen) atoms. The molecule has 0 aromatic rings. The molecule has 0 amide bonds. The second-order valence-electron chi connectivity index (χ2n) is 2.54. The molecule has 5 heteroatoms. The van der Waals surface area contributed by atoms with E-state index in [0.717, 1.165) is 5.92 Å². The van der Waals surface area contributed by atoms with Gasteiger partial charge in [0.15, 0.2) is 0 Å². The number of halogens is 3. The maximum absolute atomic E-state index is 3.10. The van der Waals surface area contributed by atoms with Crippen molar-refractivity contribution in [2.45, 2.75) is 0 Å². The third kappa shape index (κ3) is 4.03. The molecule has 0 spiro atoms. The fourth-order valence-electron chi connectivity index (χ4n) is 0.857. The van der Waals surface area contributed by atoms with Gasteiger partial charge in [-0.05, 0) is 23.1 Å². The van der Waals surface area contributed by atoms with E-state index in [-0.39, 0.29) is 20.7 Å². The minimum atomic E-state index is 0.132. The molecular formula is C8H11I3NP. The third-order valence-corrected chi connectivity index (χ3v) is 7.05. The van der Waals surface area contributed by atoms with E-state index in [9.17, 15) is 0 Å². The molecule has 1 rings (SSSR count). The molecule has 1 nitrogen and oxygen atoms in total. The highest BCUT2D eigenvalue weighted by atomic mass is 127. The van der Waals surface area contributed by atoms with Crippen LogP contribution >= 0.6 is 75.3 Å². The van der Waals surface area contributed by atoms with Gasteiger partial charge in [0.2, 0.25) is 0 Å². The van der Waals surface area contributed by atoms with Crippen LogP contribution in [0.2, 0.25) is 0 Å². The largest absolute Gasteiger partial charge is 0.369 e. The summed E-state index contributed by atoms with van der Waals surface area (Å²) in [5.74, 6) is 0.799. The molecule has 0 saturated heterocycles. The Bertz CT molecular complexity index is 256. The number of allylic oxidation sites excluding steroid dienone is 4. The van der Waals surface area contributed by atoms with Crippen molar-refractivity contribution in [3.05, 3.63) is 21.4 Å². The van der Waals surface area contributed by atoms with Gasteiger partial charge in [-0.15, -0.1) is 0 Å². The van der Waals surface area contributed by atoms with Crippen LogP contribution < -0.4 is 5.09 Å². The van der Waals surface area contributed by atoms with Crippen molar-refractivity contribution in [3.8, 4) is 0 Å². The SMILES string of the molecule is PNC1=CC=C(C(CI)CI)I=C1. The van der Waals surface area contributed by atoms with Gasteiger partial charge >= 0.3 is 0 Å². The Balaban J connectivity index is 2.70. The Morgan fingerprint density at radius 1 is 1.38 bits per heavy atom. The molecule has 74 valence electrons. The first-order chi connectivity index (χ1) is 6.31. The van der Waals surface area contributed by atoms with E-state index >= 15 is 0 Å². The Hall–Kier alpha value is 1.77. The molecule has 0 saturated carbocycles. The van der Waals surface area contributed by atoms with Gasteiger partial charge in [0.25, 0.3) is 0 Å². The lowest BCUT2D eigenvalue weighted by Gasteiger charge is -2.13. The predicted octanol–water partition coefficient (Wildman–Crippen LogP) is 3.41. The Labute approximate surface area is 119 Å². The summed E-state index contributed by atoms with van der Waals surface area (Å²) < 4.78 is 6.52. The van der Waals surface area contributed by atoms with Crippen molar-refractivity contribution in [3.63, 3.8) is 0 Å². The highest BCUT2D eigenvalue weighted by Crippen LogP contribution is 2.29. The normalized spacial score (nSPS) is 16.3. The fraction of sp³-hybridized carbons (Fsp3) is 0.375. The summed E-state index contributed by atoms with van der Waals surface area (Å²) in [4.78, 5) is 0. The van der Waals surface area contributed by atoms with Crippen LogP contribution in [0.5, 0.6) is 0 Å². The van der Waals surface area contributed by atoms with Gasteiger partial charge in [0.1, 0.15) is 0 Å². The summed E-state index contributed by atoms with van der Waals surface area (Å²) >= 11 is 5.10. The zero-order valence-electron chi connectivity index (χ0n) is 6.93. The minimum Gasteiger partial charge on any atom is -0.369 e. The first kappa shape index (κ1) is 12.8. The van der Waals surface area contributed by atoms with Crippen LogP contribution in [0.1, 0.15) is 0 Å². The quantitative estimate of drug-likeness (QED) is 0.333. The lowest BCUT2D eigenvalue weighted by Crippen LogP contribution is -2.06. The molecule has 1 unspecified atom stereocenters. The smallest absolute Gasteiger partial charge is 0.0426 e. The number of rotatable bonds is 4. The lowest BCUT2D eigenvalue weighted by atomic mass is 10.2. The van der Waals surface area contributed by atoms with Crippen molar-refractivity contribution in [2.75, 3.05) is 8.86 Å². The van der Waals surface area contributed by atoms with E-state index < -0.39 is 0 Å². The molecule has 0 bridgehead atoms. The summed E-state index contributed by atoms with van der Waals surface area (Å²) in [7, 11) is 2.54. The van der Waals surface area contributed by atoms with Gasteiger partial charge in [-0.2, -0.15) is 0 Å². The second-order valence-corrected chi connectivity index (χ2v) is 7.08. The molecular weight excluding hydrogens is 522 g/mol. The van der Waals surface area contributed by atoms with Gasteiger partial charge in [0, 0.05) is 20.5 Å². The summed E-state index contributed by atoms with van der Waals surface area (Å²) in [6.45, 7) is 0. The van der Waals surface area contributed by atoms with Crippen molar-refractivity contribution >= 4 is 79.3 Å². The maximum atomic E-state index is 3.10. The molecule has 0 radical (unpaired) electrons. The van der Waals surface area contributed by atoms with Crippen LogP contribution in [0, 0.1) is 5.92 Å². The molecule has 1 N–H and O–H groups in total. The number of hydrogen-bond acceptors (Lipinski definition) is 1. The fourth-order valence-corrected chi connectivity index (χ4v) is 8.24. The third-order valence-electron chi connectivity index (χ3n) is 1.65. The second kappa shape index (κ2) is 7.11. The molecule has 0 aliphatic carbocycles. The average Bonchev–Trinajstić information content (AvgIpc) is 2.21. The van der Waals surface area contributed by atoms with Gasteiger partial charge < -0.3 is 5.09 Å². The number of nitrogens with one attached hydrogen (secondary N) is 1. The van der Waals surface area contributed by atoms with Crippen LogP contribution in [-0.4, -0.2) is 12.9 Å². The average molecular weight is 533 g/mol. The van der Waals surface area contributed by atoms with Crippen LogP contribution in [0.15, 0.2) is 21.4 Å². The van der Waals surface area contributed by atoms with Crippen LogP contribution in [-0.2, 0) is 0 Å². The van der Waals surface area contributed by atoms with Gasteiger partial charge in [-0.1, -0.05) is 72.0 Å². The summed E-state index contributed by atoms with van der Waals surface area (Å²) in [5.41, 5.74) is 1.25. The molecule has 0 fully saturated rings. The van der Waals surface area contributed by atoms with Crippen LogP contribution in [0.3, 0.4) is 0 Å². The molecule has 1 heterocycles. The van der Waals surface area contributed by atoms with Crippen LogP contribution in [0.4, 0.5) is 0 Å². The van der Waals surface area contributed by atoms with E-state index in [0.29, 0.717) is 0 Å². The van der Waals surface area contributed by atoms with E-state index in [1.165, 1.54) is 14.6 Å². The summed E-state index contributed by atoms with van der Waals surface area (Å²) in [6, 6.07) is 0. The number of alkyl halides is 2. The van der Waals surface area contributed by atoms with Gasteiger partial charge in [-0.25, -0.2) is 0 Å². The van der Waals surface area contributed by atoms with E-state index in [4.69, 9.17) is 0 Å². The highest BCUT2D eigenvalue weighted by molar-refractivity contribution is 14.2. The topological polar surface area (TPSA) is 12.0 Å². The summed E-state index contributed by atoms with van der Waals surface area (Å²) in [5, 5.41) is 3.10. The lowest BCUT2D eigenvalue weighted by molar-refractivity contribution is 0.886. The minimum absolute atomic E-state index is 0.132. The first-order valence-electron chi connectivity index (χ1n) is 3.78. The van der Waals surface area contributed by atoms with Crippen molar-refractivity contribution in [1.29, 1.82) is 0 Å². The molecule has 0 aromatic carbocycles. The highest BCUT2D eigenvalue weighted by Gasteiger charge is 2.10. The predicted molar refractivity (Wildman–Crippen MR) is 90.4 cm³/mol. The Morgan fingerprint density at radius 2 is 2.08 bits per heavy atom. The van der Waals surface area contributed by atoms with E-state index in [1.807, 2.05) is 0 Å². The zero-order chi connectivity index (χ0) is 9.68. The zero-order valence-corrected chi connectivity index (χ0v) is 14.6. The molecule has 1 aliphatic rings. The Kier molecular flexibility index (Phi) is 7.02. The molecule has 1 atom stereocenters. The number of hydrogen-bond donors (Lipinski definition) is 1. The summed E-state index contributed by atoms with van der Waals surface area (Å²) in [6.07, 6.45) is 4.48. The van der Waals surface area contributed by atoms with Gasteiger partial charge in [0.05, 0.1) is 0 Å². The van der Waals surface area contributed by atoms with E-state index in [1.54, 1.807) is 3.58 Å². The molecule has 1 aliphatic heterocycles.